The van der Waals surface area contributed by atoms with E-state index in [4.69, 9.17) is 14.3 Å². The molecule has 0 unspecified atom stereocenters. The molecule has 3 N–H and O–H groups in total. The van der Waals surface area contributed by atoms with Crippen LogP contribution in [0.3, 0.4) is 0 Å². The van der Waals surface area contributed by atoms with E-state index in [1.54, 1.807) is 36.4 Å². The van der Waals surface area contributed by atoms with Crippen molar-refractivity contribution in [2.24, 2.45) is 0 Å². The van der Waals surface area contributed by atoms with E-state index in [9.17, 15) is 14.4 Å². The van der Waals surface area contributed by atoms with Crippen LogP contribution in [0.2, 0.25) is 0 Å². The number of aliphatic hydroxyl groups excluding tert-OH is 1. The molecule has 1 aromatic heterocycles. The average molecular weight is 435 g/mol. The number of ether oxygens (including phenoxy) is 1. The Morgan fingerprint density at radius 3 is 2.53 bits per heavy atom. The highest BCUT2D eigenvalue weighted by atomic mass is 16.5. The first-order chi connectivity index (χ1) is 15.5. The van der Waals surface area contributed by atoms with Gasteiger partial charge in [0.2, 0.25) is 0 Å². The van der Waals surface area contributed by atoms with Crippen molar-refractivity contribution >= 4 is 40.1 Å². The number of furan rings is 1. The number of amides is 2. The van der Waals surface area contributed by atoms with Crippen molar-refractivity contribution < 1.29 is 28.6 Å². The Morgan fingerprint density at radius 1 is 1.12 bits per heavy atom. The van der Waals surface area contributed by atoms with Crippen molar-refractivity contribution in [2.45, 2.75) is 0 Å². The Balaban J connectivity index is 1.47. The largest absolute Gasteiger partial charge is 0.466 e. The van der Waals surface area contributed by atoms with Gasteiger partial charge in [0.15, 0.2) is 5.76 Å². The maximum atomic E-state index is 12.6. The average Bonchev–Trinajstić information content (AvgIpc) is 3.37. The smallest absolute Gasteiger partial charge is 0.337 e. The van der Waals surface area contributed by atoms with Crippen molar-refractivity contribution in [3.63, 3.8) is 0 Å². The summed E-state index contributed by atoms with van der Waals surface area (Å²) in [6.07, 6.45) is 0. The maximum absolute atomic E-state index is 12.6. The Morgan fingerprint density at radius 2 is 1.84 bits per heavy atom. The summed E-state index contributed by atoms with van der Waals surface area (Å²) in [5.41, 5.74) is 1.99. The van der Waals surface area contributed by atoms with E-state index >= 15 is 0 Å². The van der Waals surface area contributed by atoms with Crippen LogP contribution in [-0.2, 0) is 14.3 Å². The SMILES string of the molecule is COC(=O)C1=C(Nc2ccc(NC(=O)c3cc4ccccc4o3)cc2)C(=O)N(CCO)C1. The van der Waals surface area contributed by atoms with Gasteiger partial charge in [-0.05, 0) is 36.4 Å². The topological polar surface area (TPSA) is 121 Å². The molecule has 2 aromatic carbocycles. The molecular weight excluding hydrogens is 414 g/mol. The van der Waals surface area contributed by atoms with Crippen molar-refractivity contribution in [3.05, 3.63) is 71.6 Å². The normalized spacial score (nSPS) is 13.6. The molecule has 9 heteroatoms. The number of β-amino-alcohol motifs (C(OH)–C–C–N with tert-alkyl or cyclic N) is 1. The van der Waals surface area contributed by atoms with E-state index in [1.165, 1.54) is 12.0 Å². The number of nitrogens with zero attached hydrogens (tertiary/aromatic N) is 1. The summed E-state index contributed by atoms with van der Waals surface area (Å²) in [6.45, 7) is -0.0512. The molecular formula is C23H21N3O6. The van der Waals surface area contributed by atoms with Gasteiger partial charge in [0.05, 0.1) is 25.8 Å². The molecule has 2 heterocycles. The van der Waals surface area contributed by atoms with Gasteiger partial charge in [0.1, 0.15) is 11.3 Å². The predicted molar refractivity (Wildman–Crippen MR) is 117 cm³/mol. The summed E-state index contributed by atoms with van der Waals surface area (Å²) in [5, 5.41) is 15.7. The first kappa shape index (κ1) is 21.1. The molecule has 0 fully saturated rings. The minimum Gasteiger partial charge on any atom is -0.466 e. The van der Waals surface area contributed by atoms with Gasteiger partial charge in [-0.25, -0.2) is 4.79 Å². The molecule has 0 bridgehead atoms. The van der Waals surface area contributed by atoms with E-state index in [1.807, 2.05) is 18.2 Å². The van der Waals surface area contributed by atoms with E-state index in [-0.39, 0.29) is 42.6 Å². The van der Waals surface area contributed by atoms with Crippen molar-refractivity contribution in [1.82, 2.24) is 4.90 Å². The number of hydrogen-bond acceptors (Lipinski definition) is 7. The summed E-state index contributed by atoms with van der Waals surface area (Å²) in [5.74, 6) is -1.21. The van der Waals surface area contributed by atoms with Crippen molar-refractivity contribution in [3.8, 4) is 0 Å². The maximum Gasteiger partial charge on any atom is 0.337 e. The van der Waals surface area contributed by atoms with Crippen LogP contribution in [0.5, 0.6) is 0 Å². The van der Waals surface area contributed by atoms with E-state index in [0.717, 1.165) is 5.39 Å². The van der Waals surface area contributed by atoms with Crippen LogP contribution in [-0.4, -0.2) is 54.6 Å². The summed E-state index contributed by atoms with van der Waals surface area (Å²) in [7, 11) is 1.24. The molecule has 1 aliphatic heterocycles. The number of aliphatic hydroxyl groups is 1. The second-order valence-corrected chi connectivity index (χ2v) is 7.10. The number of rotatable bonds is 7. The van der Waals surface area contributed by atoms with Crippen LogP contribution in [0.25, 0.3) is 11.0 Å². The van der Waals surface area contributed by atoms with Crippen molar-refractivity contribution in [1.29, 1.82) is 0 Å². The van der Waals surface area contributed by atoms with Gasteiger partial charge in [-0.15, -0.1) is 0 Å². The van der Waals surface area contributed by atoms with Gasteiger partial charge >= 0.3 is 5.97 Å². The highest BCUT2D eigenvalue weighted by Gasteiger charge is 2.34. The molecule has 32 heavy (non-hydrogen) atoms. The highest BCUT2D eigenvalue weighted by molar-refractivity contribution is 6.08. The number of carbonyl (C=O) groups excluding carboxylic acids is 3. The summed E-state index contributed by atoms with van der Waals surface area (Å²) >= 11 is 0. The fourth-order valence-corrected chi connectivity index (χ4v) is 3.42. The van der Waals surface area contributed by atoms with Crippen LogP contribution >= 0.6 is 0 Å². The minimum absolute atomic E-state index is 0.0556. The predicted octanol–water partition coefficient (Wildman–Crippen LogP) is 2.36. The number of carbonyl (C=O) groups is 3. The van der Waals surface area contributed by atoms with Gasteiger partial charge in [-0.2, -0.15) is 0 Å². The number of para-hydroxylation sites is 1. The lowest BCUT2D eigenvalue weighted by Gasteiger charge is -2.15. The number of anilines is 2. The molecule has 0 saturated carbocycles. The Kier molecular flexibility index (Phi) is 5.91. The van der Waals surface area contributed by atoms with Gasteiger partial charge in [-0.1, -0.05) is 18.2 Å². The van der Waals surface area contributed by atoms with Gasteiger partial charge in [-0.3, -0.25) is 9.59 Å². The zero-order valence-electron chi connectivity index (χ0n) is 17.3. The van der Waals surface area contributed by atoms with Crippen molar-refractivity contribution in [2.75, 3.05) is 37.4 Å². The molecule has 1 aliphatic rings. The quantitative estimate of drug-likeness (QED) is 0.487. The van der Waals surface area contributed by atoms with E-state index in [0.29, 0.717) is 17.0 Å². The Bertz CT molecular complexity index is 1180. The fraction of sp³-hybridized carbons (Fsp3) is 0.174. The Hall–Kier alpha value is -4.11. The van der Waals surface area contributed by atoms with E-state index < -0.39 is 11.9 Å². The highest BCUT2D eigenvalue weighted by Crippen LogP contribution is 2.24. The third-order valence-electron chi connectivity index (χ3n) is 5.01. The molecule has 0 aliphatic carbocycles. The number of esters is 1. The lowest BCUT2D eigenvalue weighted by atomic mass is 10.2. The number of hydrogen-bond donors (Lipinski definition) is 3. The molecule has 0 spiro atoms. The molecule has 3 aromatic rings. The number of fused-ring (bicyclic) bond motifs is 1. The summed E-state index contributed by atoms with van der Waals surface area (Å²) < 4.78 is 10.3. The number of benzene rings is 2. The van der Waals surface area contributed by atoms with Crippen LogP contribution < -0.4 is 10.6 Å². The molecule has 9 nitrogen and oxygen atoms in total. The number of nitrogens with one attached hydrogen (secondary N) is 2. The van der Waals surface area contributed by atoms with Gasteiger partial charge in [0, 0.05) is 23.3 Å². The zero-order valence-corrected chi connectivity index (χ0v) is 17.3. The van der Waals surface area contributed by atoms with Crippen LogP contribution in [0, 0.1) is 0 Å². The standard InChI is InChI=1S/C23H21N3O6/c1-31-23(30)17-13-26(10-11-27)22(29)20(17)24-15-6-8-16(9-7-15)25-21(28)19-12-14-4-2-3-5-18(14)32-19/h2-9,12,24,27H,10-11,13H2,1H3,(H,25,28). The molecule has 0 radical (unpaired) electrons. The lowest BCUT2D eigenvalue weighted by Crippen LogP contribution is -2.31. The van der Waals surface area contributed by atoms with Crippen LogP contribution in [0.1, 0.15) is 10.6 Å². The lowest BCUT2D eigenvalue weighted by molar-refractivity contribution is -0.136. The van der Waals surface area contributed by atoms with Gasteiger partial charge < -0.3 is 29.8 Å². The molecule has 0 atom stereocenters. The third-order valence-corrected chi connectivity index (χ3v) is 5.01. The van der Waals surface area contributed by atoms with Gasteiger partial charge in [0.25, 0.3) is 11.8 Å². The molecule has 2 amide bonds. The van der Waals surface area contributed by atoms with Crippen LogP contribution in [0.4, 0.5) is 11.4 Å². The first-order valence-electron chi connectivity index (χ1n) is 9.88. The minimum atomic E-state index is -0.615. The third kappa shape index (κ3) is 4.19. The molecule has 164 valence electrons. The molecule has 0 saturated heterocycles. The first-order valence-corrected chi connectivity index (χ1v) is 9.88. The summed E-state index contributed by atoms with van der Waals surface area (Å²) in [6, 6.07) is 15.7. The molecule has 4 rings (SSSR count). The summed E-state index contributed by atoms with van der Waals surface area (Å²) in [4.78, 5) is 38.5. The number of methoxy groups -OCH3 is 1. The van der Waals surface area contributed by atoms with E-state index in [2.05, 4.69) is 10.6 Å². The zero-order chi connectivity index (χ0) is 22.7. The Labute approximate surface area is 183 Å². The second kappa shape index (κ2) is 8.94. The van der Waals surface area contributed by atoms with Crippen LogP contribution in [0.15, 0.2) is 70.3 Å². The second-order valence-electron chi connectivity index (χ2n) is 7.10. The monoisotopic (exact) mass is 435 g/mol. The fourth-order valence-electron chi connectivity index (χ4n) is 3.42.